The second kappa shape index (κ2) is 5.75. The van der Waals surface area contributed by atoms with Gasteiger partial charge < -0.3 is 4.42 Å². The second-order valence-electron chi connectivity index (χ2n) is 4.11. The summed E-state index contributed by atoms with van der Waals surface area (Å²) in [5.41, 5.74) is 1.08. The molecule has 2 heterocycles. The van der Waals surface area contributed by atoms with Crippen LogP contribution in [-0.2, 0) is 0 Å². The van der Waals surface area contributed by atoms with E-state index in [1.165, 1.54) is 18.4 Å². The van der Waals surface area contributed by atoms with Crippen LogP contribution in [0.3, 0.4) is 0 Å². The third kappa shape index (κ3) is 2.81. The minimum Gasteiger partial charge on any atom is -0.460 e. The highest BCUT2D eigenvalue weighted by atomic mass is 79.9. The van der Waals surface area contributed by atoms with Crippen LogP contribution >= 0.6 is 39.1 Å². The van der Waals surface area contributed by atoms with Crippen molar-refractivity contribution in [3.8, 4) is 22.7 Å². The Kier molecular flexibility index (Phi) is 3.97. The fraction of sp³-hybridized carbons (Fsp3) is 0. The van der Waals surface area contributed by atoms with E-state index in [1.54, 1.807) is 18.2 Å². The summed E-state index contributed by atoms with van der Waals surface area (Å²) in [5, 5.41) is 0.333. The van der Waals surface area contributed by atoms with Gasteiger partial charge in [-0.25, -0.2) is 14.4 Å². The zero-order valence-electron chi connectivity index (χ0n) is 10.3. The first-order valence-corrected chi connectivity index (χ1v) is 7.33. The molecule has 0 atom stereocenters. The third-order valence-electron chi connectivity index (χ3n) is 2.77. The average molecular weight is 388 g/mol. The van der Waals surface area contributed by atoms with Crippen LogP contribution in [0.15, 0.2) is 45.5 Å². The molecule has 0 fully saturated rings. The molecule has 0 N–H and O–H groups in total. The lowest BCUT2D eigenvalue weighted by Gasteiger charge is -2.07. The van der Waals surface area contributed by atoms with Gasteiger partial charge in [0.1, 0.15) is 16.1 Å². The lowest BCUT2D eigenvalue weighted by Crippen LogP contribution is -1.94. The van der Waals surface area contributed by atoms with E-state index in [4.69, 9.17) is 27.6 Å². The van der Waals surface area contributed by atoms with Crippen molar-refractivity contribution in [3.63, 3.8) is 0 Å². The molecule has 1 aromatic carbocycles. The number of rotatable bonds is 2. The first-order valence-electron chi connectivity index (χ1n) is 5.78. The molecular formula is C14H6BrCl2FN2O. The normalized spacial score (nSPS) is 10.9. The molecule has 2 aromatic heterocycles. The fourth-order valence-electron chi connectivity index (χ4n) is 1.82. The van der Waals surface area contributed by atoms with Gasteiger partial charge in [-0.15, -0.1) is 0 Å². The highest BCUT2D eigenvalue weighted by Crippen LogP contribution is 2.35. The smallest absolute Gasteiger partial charge is 0.199 e. The number of furan rings is 1. The fourth-order valence-corrected chi connectivity index (χ4v) is 2.80. The summed E-state index contributed by atoms with van der Waals surface area (Å²) in [6.07, 6.45) is 1.50. The number of halogens is 4. The van der Waals surface area contributed by atoms with E-state index < -0.39 is 0 Å². The van der Waals surface area contributed by atoms with Crippen LogP contribution in [0, 0.1) is 5.82 Å². The molecule has 3 aromatic rings. The van der Waals surface area contributed by atoms with Crippen LogP contribution < -0.4 is 0 Å². The molecule has 7 heteroatoms. The maximum Gasteiger partial charge on any atom is 0.199 e. The number of hydrogen-bond acceptors (Lipinski definition) is 3. The Labute approximate surface area is 137 Å². The molecule has 0 saturated carbocycles. The molecular weight excluding hydrogens is 382 g/mol. The molecule has 0 aliphatic carbocycles. The molecule has 106 valence electrons. The Morgan fingerprint density at radius 2 is 1.62 bits per heavy atom. The summed E-state index contributed by atoms with van der Waals surface area (Å²) in [6.45, 7) is 0. The SMILES string of the molecule is Fc1ccc(-c2c(Cl)nc(-c3occc3Br)nc2Cl)cc1. The Bertz CT molecular complexity index is 782. The standard InChI is InChI=1S/C14H6BrCl2FN2O/c15-9-5-6-21-11(9)14-19-12(16)10(13(17)20-14)7-1-3-8(18)4-2-7/h1-6H. The van der Waals surface area contributed by atoms with Gasteiger partial charge in [-0.3, -0.25) is 0 Å². The van der Waals surface area contributed by atoms with Gasteiger partial charge in [0, 0.05) is 0 Å². The lowest BCUT2D eigenvalue weighted by atomic mass is 10.1. The first-order chi connectivity index (χ1) is 10.1. The Hall–Kier alpha value is -1.43. The van der Waals surface area contributed by atoms with E-state index in [2.05, 4.69) is 25.9 Å². The minimum absolute atomic E-state index is 0.167. The molecule has 0 saturated heterocycles. The highest BCUT2D eigenvalue weighted by molar-refractivity contribution is 9.10. The van der Waals surface area contributed by atoms with Crippen molar-refractivity contribution in [2.45, 2.75) is 0 Å². The third-order valence-corrected chi connectivity index (χ3v) is 3.95. The zero-order valence-corrected chi connectivity index (χ0v) is 13.4. The van der Waals surface area contributed by atoms with E-state index >= 15 is 0 Å². The van der Waals surface area contributed by atoms with Crippen molar-refractivity contribution >= 4 is 39.1 Å². The average Bonchev–Trinajstić information content (AvgIpc) is 2.86. The van der Waals surface area contributed by atoms with Gasteiger partial charge in [-0.2, -0.15) is 0 Å². The van der Waals surface area contributed by atoms with E-state index in [-0.39, 0.29) is 21.9 Å². The van der Waals surface area contributed by atoms with Crippen LogP contribution in [0.1, 0.15) is 0 Å². The molecule has 3 nitrogen and oxygen atoms in total. The second-order valence-corrected chi connectivity index (χ2v) is 5.68. The molecule has 0 spiro atoms. The van der Waals surface area contributed by atoms with Crippen LogP contribution in [0.4, 0.5) is 4.39 Å². The Morgan fingerprint density at radius 3 is 2.14 bits per heavy atom. The summed E-state index contributed by atoms with van der Waals surface area (Å²) in [6, 6.07) is 7.48. The summed E-state index contributed by atoms with van der Waals surface area (Å²) < 4.78 is 19.0. The van der Waals surface area contributed by atoms with Crippen molar-refractivity contribution in [1.29, 1.82) is 0 Å². The number of nitrogens with zero attached hydrogens (tertiary/aromatic N) is 2. The van der Waals surface area contributed by atoms with Crippen LogP contribution in [0.25, 0.3) is 22.7 Å². The van der Waals surface area contributed by atoms with Crippen molar-refractivity contribution in [2.24, 2.45) is 0 Å². The van der Waals surface area contributed by atoms with Gasteiger partial charge in [-0.1, -0.05) is 35.3 Å². The summed E-state index contributed by atoms with van der Waals surface area (Å²) in [4.78, 5) is 8.38. The van der Waals surface area contributed by atoms with Crippen LogP contribution in [-0.4, -0.2) is 9.97 Å². The molecule has 0 bridgehead atoms. The molecule has 0 radical (unpaired) electrons. The topological polar surface area (TPSA) is 38.9 Å². The number of aromatic nitrogens is 2. The quantitative estimate of drug-likeness (QED) is 0.536. The van der Waals surface area contributed by atoms with Gasteiger partial charge in [0.25, 0.3) is 0 Å². The predicted molar refractivity (Wildman–Crippen MR) is 82.8 cm³/mol. The predicted octanol–water partition coefficient (Wildman–Crippen LogP) is 5.61. The van der Waals surface area contributed by atoms with Crippen molar-refractivity contribution in [2.75, 3.05) is 0 Å². The van der Waals surface area contributed by atoms with Crippen molar-refractivity contribution in [3.05, 3.63) is 57.2 Å². The summed E-state index contributed by atoms with van der Waals surface area (Å²) >= 11 is 15.7. The molecule has 21 heavy (non-hydrogen) atoms. The molecule has 0 aliphatic heterocycles. The van der Waals surface area contributed by atoms with E-state index in [0.29, 0.717) is 21.4 Å². The lowest BCUT2D eigenvalue weighted by molar-refractivity contribution is 0.576. The van der Waals surface area contributed by atoms with E-state index in [1.807, 2.05) is 0 Å². The van der Waals surface area contributed by atoms with Crippen LogP contribution in [0.5, 0.6) is 0 Å². The van der Waals surface area contributed by atoms with Crippen molar-refractivity contribution in [1.82, 2.24) is 9.97 Å². The van der Waals surface area contributed by atoms with Gasteiger partial charge in [0.15, 0.2) is 11.6 Å². The molecule has 0 amide bonds. The molecule has 0 unspecified atom stereocenters. The largest absolute Gasteiger partial charge is 0.460 e. The Morgan fingerprint density at radius 1 is 1.00 bits per heavy atom. The monoisotopic (exact) mass is 386 g/mol. The zero-order chi connectivity index (χ0) is 15.0. The highest BCUT2D eigenvalue weighted by Gasteiger charge is 2.17. The number of hydrogen-bond donors (Lipinski definition) is 0. The maximum absolute atomic E-state index is 13.0. The van der Waals surface area contributed by atoms with Gasteiger partial charge >= 0.3 is 0 Å². The van der Waals surface area contributed by atoms with Gasteiger partial charge in [0.2, 0.25) is 0 Å². The molecule has 3 rings (SSSR count). The minimum atomic E-state index is -0.344. The first kappa shape index (κ1) is 14.5. The summed E-state index contributed by atoms with van der Waals surface area (Å²) in [5.74, 6) is 0.361. The van der Waals surface area contributed by atoms with E-state index in [0.717, 1.165) is 0 Å². The molecule has 0 aliphatic rings. The number of benzene rings is 1. The summed E-state index contributed by atoms with van der Waals surface area (Å²) in [7, 11) is 0. The van der Waals surface area contributed by atoms with Gasteiger partial charge in [-0.05, 0) is 39.7 Å². The Balaban J connectivity index is 2.13. The maximum atomic E-state index is 13.0. The van der Waals surface area contributed by atoms with Crippen molar-refractivity contribution < 1.29 is 8.81 Å². The van der Waals surface area contributed by atoms with E-state index in [9.17, 15) is 4.39 Å². The van der Waals surface area contributed by atoms with Crippen LogP contribution in [0.2, 0.25) is 10.3 Å². The van der Waals surface area contributed by atoms with Gasteiger partial charge in [0.05, 0.1) is 16.3 Å².